The van der Waals surface area contributed by atoms with Crippen molar-refractivity contribution in [2.45, 2.75) is 65.0 Å². The van der Waals surface area contributed by atoms with Gasteiger partial charge in [0.2, 0.25) is 0 Å². The summed E-state index contributed by atoms with van der Waals surface area (Å²) in [6, 6.07) is 3.83. The van der Waals surface area contributed by atoms with Crippen LogP contribution in [-0.2, 0) is 0 Å². The first-order valence-electron chi connectivity index (χ1n) is 6.65. The topological polar surface area (TPSA) is 27.0 Å². The van der Waals surface area contributed by atoms with Crippen LogP contribution in [0.1, 0.15) is 52.9 Å². The zero-order chi connectivity index (χ0) is 11.8. The largest absolute Gasteiger partial charge is 0.296 e. The molecule has 0 radical (unpaired) electrons. The Bertz CT molecular complexity index is 270. The predicted octanol–water partition coefficient (Wildman–Crippen LogP) is 3.19. The van der Waals surface area contributed by atoms with Crippen LogP contribution in [0.3, 0.4) is 0 Å². The van der Waals surface area contributed by atoms with E-state index in [0.29, 0.717) is 11.8 Å². The summed E-state index contributed by atoms with van der Waals surface area (Å²) in [5.41, 5.74) is 0.460. The Balaban J connectivity index is 1.99. The molecule has 0 N–H and O–H groups in total. The van der Waals surface area contributed by atoms with Gasteiger partial charge in [0.25, 0.3) is 0 Å². The molecular formula is C14H24N2. The average Bonchev–Trinajstić information content (AvgIpc) is 2.46. The summed E-state index contributed by atoms with van der Waals surface area (Å²) in [7, 11) is 0. The lowest BCUT2D eigenvalue weighted by atomic mass is 9.73. The van der Waals surface area contributed by atoms with Gasteiger partial charge in [-0.15, -0.1) is 0 Å². The number of piperidine rings is 1. The molecule has 2 heterocycles. The van der Waals surface area contributed by atoms with E-state index in [1.165, 1.54) is 25.7 Å². The average molecular weight is 220 g/mol. The van der Waals surface area contributed by atoms with Gasteiger partial charge in [0.1, 0.15) is 0 Å². The highest BCUT2D eigenvalue weighted by Gasteiger charge is 2.43. The Hall–Kier alpha value is -0.550. The van der Waals surface area contributed by atoms with E-state index in [1.54, 1.807) is 0 Å². The Morgan fingerprint density at radius 3 is 2.19 bits per heavy atom. The number of nitrogens with zero attached hydrogens (tertiary/aromatic N) is 2. The molecule has 2 nitrogen and oxygen atoms in total. The van der Waals surface area contributed by atoms with Crippen LogP contribution >= 0.6 is 0 Å². The molecule has 1 unspecified atom stereocenters. The van der Waals surface area contributed by atoms with Crippen LogP contribution in [0.15, 0.2) is 0 Å². The van der Waals surface area contributed by atoms with Crippen LogP contribution in [0.5, 0.6) is 0 Å². The summed E-state index contributed by atoms with van der Waals surface area (Å²) in [5.74, 6) is 0.878. The zero-order valence-corrected chi connectivity index (χ0v) is 10.9. The normalized spacial score (nSPS) is 35.0. The maximum Gasteiger partial charge on any atom is 0.0635 e. The van der Waals surface area contributed by atoms with Gasteiger partial charge < -0.3 is 0 Å². The zero-order valence-electron chi connectivity index (χ0n) is 10.9. The summed E-state index contributed by atoms with van der Waals surface area (Å²) in [5, 5.41) is 8.69. The van der Waals surface area contributed by atoms with E-state index in [2.05, 4.69) is 31.7 Å². The highest BCUT2D eigenvalue weighted by atomic mass is 15.2. The first-order valence-corrected chi connectivity index (χ1v) is 6.65. The smallest absolute Gasteiger partial charge is 0.0635 e. The molecule has 2 heteroatoms. The Labute approximate surface area is 99.6 Å². The highest BCUT2D eigenvalue weighted by molar-refractivity contribution is 4.98. The molecule has 16 heavy (non-hydrogen) atoms. The SMILES string of the molecule is CC(C)(C)C1C[C@H]2CC[C@@H](C1)N2CCC#N. The van der Waals surface area contributed by atoms with Gasteiger partial charge in [0, 0.05) is 25.0 Å². The third-order valence-corrected chi connectivity index (χ3v) is 4.59. The molecule has 0 aromatic heterocycles. The van der Waals surface area contributed by atoms with Crippen molar-refractivity contribution in [2.75, 3.05) is 6.54 Å². The second-order valence-electron chi connectivity index (χ2n) is 6.57. The van der Waals surface area contributed by atoms with Crippen molar-refractivity contribution in [1.29, 1.82) is 5.26 Å². The fourth-order valence-electron chi connectivity index (χ4n) is 3.53. The molecule has 3 atom stereocenters. The molecule has 0 spiro atoms. The van der Waals surface area contributed by atoms with Gasteiger partial charge in [-0.3, -0.25) is 4.90 Å². The molecule has 2 aliphatic rings. The summed E-state index contributed by atoms with van der Waals surface area (Å²) >= 11 is 0. The fraction of sp³-hybridized carbons (Fsp3) is 0.929. The van der Waals surface area contributed by atoms with Crippen LogP contribution in [0.25, 0.3) is 0 Å². The monoisotopic (exact) mass is 220 g/mol. The van der Waals surface area contributed by atoms with Gasteiger partial charge in [-0.25, -0.2) is 0 Å². The van der Waals surface area contributed by atoms with Crippen molar-refractivity contribution in [3.05, 3.63) is 0 Å². The summed E-state index contributed by atoms with van der Waals surface area (Å²) in [6.07, 6.45) is 6.13. The predicted molar refractivity (Wildman–Crippen MR) is 65.9 cm³/mol. The van der Waals surface area contributed by atoms with Gasteiger partial charge in [-0.2, -0.15) is 5.26 Å². The van der Waals surface area contributed by atoms with Crippen LogP contribution in [-0.4, -0.2) is 23.5 Å². The summed E-state index contributed by atoms with van der Waals surface area (Å²) in [4.78, 5) is 2.62. The fourth-order valence-corrected chi connectivity index (χ4v) is 3.53. The lowest BCUT2D eigenvalue weighted by Gasteiger charge is -2.43. The van der Waals surface area contributed by atoms with Gasteiger partial charge >= 0.3 is 0 Å². The Morgan fingerprint density at radius 2 is 1.75 bits per heavy atom. The van der Waals surface area contributed by atoms with Crippen molar-refractivity contribution in [3.8, 4) is 6.07 Å². The molecular weight excluding hydrogens is 196 g/mol. The maximum absolute atomic E-state index is 8.69. The molecule has 2 bridgehead atoms. The van der Waals surface area contributed by atoms with E-state index in [1.807, 2.05) is 0 Å². The number of rotatable bonds is 2. The van der Waals surface area contributed by atoms with Crippen LogP contribution in [0, 0.1) is 22.7 Å². The molecule has 0 amide bonds. The second kappa shape index (κ2) is 4.37. The van der Waals surface area contributed by atoms with Gasteiger partial charge in [-0.05, 0) is 37.0 Å². The molecule has 0 saturated carbocycles. The minimum absolute atomic E-state index is 0.460. The molecule has 0 aromatic carbocycles. The molecule has 0 aliphatic carbocycles. The molecule has 0 aromatic rings. The second-order valence-corrected chi connectivity index (χ2v) is 6.57. The van der Waals surface area contributed by atoms with E-state index < -0.39 is 0 Å². The quantitative estimate of drug-likeness (QED) is 0.714. The van der Waals surface area contributed by atoms with Crippen molar-refractivity contribution >= 4 is 0 Å². The van der Waals surface area contributed by atoms with E-state index >= 15 is 0 Å². The third-order valence-electron chi connectivity index (χ3n) is 4.59. The number of hydrogen-bond donors (Lipinski definition) is 0. The Morgan fingerprint density at radius 1 is 1.19 bits per heavy atom. The molecule has 90 valence electrons. The molecule has 2 fully saturated rings. The summed E-state index contributed by atoms with van der Waals surface area (Å²) in [6.45, 7) is 8.13. The van der Waals surface area contributed by atoms with Gasteiger partial charge in [-0.1, -0.05) is 20.8 Å². The lowest BCUT2D eigenvalue weighted by molar-refractivity contribution is 0.0564. The van der Waals surface area contributed by atoms with E-state index in [9.17, 15) is 0 Å². The molecule has 2 aliphatic heterocycles. The molecule has 2 saturated heterocycles. The molecule has 2 rings (SSSR count). The third kappa shape index (κ3) is 2.25. The van der Waals surface area contributed by atoms with Crippen molar-refractivity contribution < 1.29 is 0 Å². The number of fused-ring (bicyclic) bond motifs is 2. The number of hydrogen-bond acceptors (Lipinski definition) is 2. The lowest BCUT2D eigenvalue weighted by Crippen LogP contribution is -2.45. The minimum Gasteiger partial charge on any atom is -0.296 e. The van der Waals surface area contributed by atoms with E-state index in [-0.39, 0.29) is 0 Å². The summed E-state index contributed by atoms with van der Waals surface area (Å²) < 4.78 is 0. The first kappa shape index (κ1) is 11.9. The van der Waals surface area contributed by atoms with Crippen LogP contribution in [0.2, 0.25) is 0 Å². The minimum atomic E-state index is 0.460. The van der Waals surface area contributed by atoms with E-state index in [0.717, 1.165) is 24.5 Å². The maximum atomic E-state index is 8.69. The van der Waals surface area contributed by atoms with Crippen molar-refractivity contribution in [2.24, 2.45) is 11.3 Å². The number of nitriles is 1. The highest BCUT2D eigenvalue weighted by Crippen LogP contribution is 2.45. The van der Waals surface area contributed by atoms with Gasteiger partial charge in [0.15, 0.2) is 0 Å². The standard InChI is InChI=1S/C14H24N2/c1-14(2,3)11-9-12-5-6-13(10-11)16(12)8-4-7-15/h11-13H,4-6,8-10H2,1-3H3/t11?,12-,13+. The van der Waals surface area contributed by atoms with Crippen molar-refractivity contribution in [1.82, 2.24) is 4.90 Å². The van der Waals surface area contributed by atoms with Gasteiger partial charge in [0.05, 0.1) is 6.07 Å². The van der Waals surface area contributed by atoms with Crippen molar-refractivity contribution in [3.63, 3.8) is 0 Å². The van der Waals surface area contributed by atoms with E-state index in [4.69, 9.17) is 5.26 Å². The van der Waals surface area contributed by atoms with Crippen LogP contribution in [0.4, 0.5) is 0 Å². The first-order chi connectivity index (χ1) is 7.52. The Kier molecular flexibility index (Phi) is 3.26. The van der Waals surface area contributed by atoms with Crippen LogP contribution < -0.4 is 0 Å².